The molecule has 9 heteroatoms. The van der Waals surface area contributed by atoms with Gasteiger partial charge < -0.3 is 10.3 Å². The van der Waals surface area contributed by atoms with E-state index in [1.807, 2.05) is 30.5 Å². The number of rotatable bonds is 6. The Morgan fingerprint density at radius 1 is 1.19 bits per heavy atom. The van der Waals surface area contributed by atoms with Crippen LogP contribution in [0.25, 0.3) is 16.7 Å². The van der Waals surface area contributed by atoms with Gasteiger partial charge in [0.15, 0.2) is 5.82 Å². The monoisotopic (exact) mass is 363 g/mol. The van der Waals surface area contributed by atoms with E-state index in [0.717, 1.165) is 16.5 Å². The number of aromatic amines is 1. The molecule has 2 N–H and O–H groups in total. The van der Waals surface area contributed by atoms with Gasteiger partial charge in [0.25, 0.3) is 5.56 Å². The van der Waals surface area contributed by atoms with Crippen LogP contribution in [0.5, 0.6) is 0 Å². The lowest BCUT2D eigenvalue weighted by molar-refractivity contribution is -0.120. The van der Waals surface area contributed by atoms with Crippen molar-refractivity contribution in [2.75, 3.05) is 6.54 Å². The molecule has 4 rings (SSSR count). The zero-order valence-electron chi connectivity index (χ0n) is 14.4. The maximum absolute atomic E-state index is 12.2. The lowest BCUT2D eigenvalue weighted by Gasteiger charge is -2.08. The number of nitrogens with one attached hydrogen (secondary N) is 2. The summed E-state index contributed by atoms with van der Waals surface area (Å²) >= 11 is 0. The zero-order chi connectivity index (χ0) is 18.6. The number of benzene rings is 1. The van der Waals surface area contributed by atoms with Gasteiger partial charge >= 0.3 is 0 Å². The lowest BCUT2D eigenvalue weighted by atomic mass is 10.1. The van der Waals surface area contributed by atoms with Gasteiger partial charge in [-0.25, -0.2) is 14.3 Å². The van der Waals surface area contributed by atoms with Gasteiger partial charge in [-0.3, -0.25) is 9.59 Å². The van der Waals surface area contributed by atoms with Gasteiger partial charge in [0.1, 0.15) is 12.7 Å². The Bertz CT molecular complexity index is 1130. The molecule has 0 saturated heterocycles. The standard InChI is InChI=1S/C18H17N7O2/c26-17(9-13-10-21-15-4-2-1-3-14(13)15)20-7-8-24-18(27)6-5-16(23-24)25-12-19-11-22-25/h1-6,10-12,21H,7-9H2,(H,20,26). The van der Waals surface area contributed by atoms with Crippen LogP contribution in [0.15, 0.2) is 60.0 Å². The minimum Gasteiger partial charge on any atom is -0.361 e. The number of H-pyrrole nitrogens is 1. The summed E-state index contributed by atoms with van der Waals surface area (Å²) in [6.07, 6.45) is 5.01. The van der Waals surface area contributed by atoms with Gasteiger partial charge in [-0.15, -0.1) is 5.10 Å². The number of carbonyl (C=O) groups is 1. The summed E-state index contributed by atoms with van der Waals surface area (Å²) in [6, 6.07) is 10.8. The van der Waals surface area contributed by atoms with E-state index in [1.165, 1.54) is 28.1 Å². The number of carbonyl (C=O) groups excluding carboxylic acids is 1. The molecule has 136 valence electrons. The molecule has 0 spiro atoms. The summed E-state index contributed by atoms with van der Waals surface area (Å²) in [7, 11) is 0. The molecule has 1 aromatic carbocycles. The number of para-hydroxylation sites is 1. The first-order chi connectivity index (χ1) is 13.2. The summed E-state index contributed by atoms with van der Waals surface area (Å²) in [5.41, 5.74) is 1.69. The Kier molecular flexibility index (Phi) is 4.48. The Labute approximate surface area is 153 Å². The second-order valence-electron chi connectivity index (χ2n) is 5.98. The minimum absolute atomic E-state index is 0.111. The minimum atomic E-state index is -0.246. The van der Waals surface area contributed by atoms with Crippen LogP contribution in [0.1, 0.15) is 5.56 Å². The molecule has 0 aliphatic rings. The van der Waals surface area contributed by atoms with Crippen molar-refractivity contribution in [1.82, 2.24) is 34.8 Å². The third-order valence-electron chi connectivity index (χ3n) is 4.18. The Morgan fingerprint density at radius 2 is 2.07 bits per heavy atom. The van der Waals surface area contributed by atoms with Crippen molar-refractivity contribution in [1.29, 1.82) is 0 Å². The number of hydrogen-bond acceptors (Lipinski definition) is 5. The predicted octanol–water partition coefficient (Wildman–Crippen LogP) is 0.664. The second kappa shape index (κ2) is 7.24. The molecule has 4 aromatic rings. The first-order valence-corrected chi connectivity index (χ1v) is 8.45. The molecule has 0 atom stereocenters. The van der Waals surface area contributed by atoms with Gasteiger partial charge in [-0.2, -0.15) is 5.10 Å². The summed E-state index contributed by atoms with van der Waals surface area (Å²) in [4.78, 5) is 31.2. The van der Waals surface area contributed by atoms with E-state index in [0.29, 0.717) is 12.4 Å². The van der Waals surface area contributed by atoms with Crippen LogP contribution in [0.3, 0.4) is 0 Å². The van der Waals surface area contributed by atoms with Crippen molar-refractivity contribution in [2.45, 2.75) is 13.0 Å². The van der Waals surface area contributed by atoms with Crippen LogP contribution in [0, 0.1) is 0 Å². The quantitative estimate of drug-likeness (QED) is 0.523. The van der Waals surface area contributed by atoms with Crippen LogP contribution < -0.4 is 10.9 Å². The molecule has 0 radical (unpaired) electrons. The van der Waals surface area contributed by atoms with Gasteiger partial charge in [0, 0.05) is 29.7 Å². The van der Waals surface area contributed by atoms with E-state index in [2.05, 4.69) is 25.5 Å². The normalized spacial score (nSPS) is 11.0. The number of hydrogen-bond donors (Lipinski definition) is 2. The third kappa shape index (κ3) is 3.61. The SMILES string of the molecule is O=C(Cc1c[nH]c2ccccc12)NCCn1nc(-n2cncn2)ccc1=O. The van der Waals surface area contributed by atoms with E-state index in [-0.39, 0.29) is 24.4 Å². The number of nitrogens with zero attached hydrogens (tertiary/aromatic N) is 5. The van der Waals surface area contributed by atoms with E-state index in [9.17, 15) is 9.59 Å². The van der Waals surface area contributed by atoms with Crippen LogP contribution >= 0.6 is 0 Å². The lowest BCUT2D eigenvalue weighted by Crippen LogP contribution is -2.33. The van der Waals surface area contributed by atoms with Gasteiger partial charge in [0.2, 0.25) is 5.91 Å². The van der Waals surface area contributed by atoms with Crippen molar-refractivity contribution in [3.05, 3.63) is 71.2 Å². The van der Waals surface area contributed by atoms with E-state index < -0.39 is 0 Å². The van der Waals surface area contributed by atoms with Crippen molar-refractivity contribution in [3.63, 3.8) is 0 Å². The third-order valence-corrected chi connectivity index (χ3v) is 4.18. The van der Waals surface area contributed by atoms with Gasteiger partial charge in [0.05, 0.1) is 13.0 Å². The van der Waals surface area contributed by atoms with E-state index in [4.69, 9.17) is 0 Å². The number of aromatic nitrogens is 6. The molecule has 0 fully saturated rings. The Hall–Kier alpha value is -3.75. The summed E-state index contributed by atoms with van der Waals surface area (Å²) in [5, 5.41) is 12.1. The molecule has 27 heavy (non-hydrogen) atoms. The smallest absolute Gasteiger partial charge is 0.266 e. The highest BCUT2D eigenvalue weighted by molar-refractivity contribution is 5.88. The molecular formula is C18H17N7O2. The molecule has 1 amide bonds. The van der Waals surface area contributed by atoms with Crippen molar-refractivity contribution < 1.29 is 4.79 Å². The maximum atomic E-state index is 12.2. The first kappa shape index (κ1) is 16.7. The summed E-state index contributed by atoms with van der Waals surface area (Å²) in [6.45, 7) is 0.565. The fourth-order valence-electron chi connectivity index (χ4n) is 2.86. The molecule has 0 saturated carbocycles. The highest BCUT2D eigenvalue weighted by atomic mass is 16.1. The van der Waals surface area contributed by atoms with Crippen molar-refractivity contribution >= 4 is 16.8 Å². The molecule has 3 heterocycles. The van der Waals surface area contributed by atoms with E-state index in [1.54, 1.807) is 6.07 Å². The van der Waals surface area contributed by atoms with Crippen molar-refractivity contribution in [2.24, 2.45) is 0 Å². The predicted molar refractivity (Wildman–Crippen MR) is 98.4 cm³/mol. The zero-order valence-corrected chi connectivity index (χ0v) is 14.4. The van der Waals surface area contributed by atoms with Gasteiger partial charge in [-0.05, 0) is 17.7 Å². The van der Waals surface area contributed by atoms with Crippen LogP contribution in [-0.2, 0) is 17.8 Å². The van der Waals surface area contributed by atoms with Crippen LogP contribution in [0.4, 0.5) is 0 Å². The highest BCUT2D eigenvalue weighted by Gasteiger charge is 2.09. The highest BCUT2D eigenvalue weighted by Crippen LogP contribution is 2.17. The molecule has 0 bridgehead atoms. The fraction of sp³-hybridized carbons (Fsp3) is 0.167. The van der Waals surface area contributed by atoms with Crippen LogP contribution in [-0.4, -0.2) is 42.0 Å². The largest absolute Gasteiger partial charge is 0.361 e. The molecular weight excluding hydrogens is 346 g/mol. The molecule has 0 aliphatic heterocycles. The van der Waals surface area contributed by atoms with Crippen LogP contribution in [0.2, 0.25) is 0 Å². The molecule has 9 nitrogen and oxygen atoms in total. The second-order valence-corrected chi connectivity index (χ2v) is 5.98. The molecule has 3 aromatic heterocycles. The van der Waals surface area contributed by atoms with E-state index >= 15 is 0 Å². The first-order valence-electron chi connectivity index (χ1n) is 8.45. The average molecular weight is 363 g/mol. The maximum Gasteiger partial charge on any atom is 0.266 e. The Morgan fingerprint density at radius 3 is 2.93 bits per heavy atom. The topological polar surface area (TPSA) is 110 Å². The fourth-order valence-corrected chi connectivity index (χ4v) is 2.86. The molecule has 0 unspecified atom stereocenters. The molecule has 0 aliphatic carbocycles. The average Bonchev–Trinajstić information content (AvgIpc) is 3.34. The number of amides is 1. The summed E-state index contributed by atoms with van der Waals surface area (Å²) < 4.78 is 2.76. The summed E-state index contributed by atoms with van der Waals surface area (Å²) in [5.74, 6) is 0.373. The number of fused-ring (bicyclic) bond motifs is 1. The van der Waals surface area contributed by atoms with Gasteiger partial charge in [-0.1, -0.05) is 18.2 Å². The van der Waals surface area contributed by atoms with Crippen molar-refractivity contribution in [3.8, 4) is 5.82 Å². The Balaban J connectivity index is 1.37.